The molecule has 0 heterocycles. The first kappa shape index (κ1) is 15.6. The van der Waals surface area contributed by atoms with Crippen LogP contribution in [0.3, 0.4) is 0 Å². The quantitative estimate of drug-likeness (QED) is 0.381. The van der Waals surface area contributed by atoms with Crippen molar-refractivity contribution < 1.29 is 0 Å². The molecule has 0 fully saturated rings. The van der Waals surface area contributed by atoms with Crippen molar-refractivity contribution in [2.75, 3.05) is 0 Å². The van der Waals surface area contributed by atoms with Gasteiger partial charge in [-0.1, -0.05) is 54.9 Å². The Morgan fingerprint density at radius 3 is 1.53 bits per heavy atom. The molecule has 0 aliphatic carbocycles. The first-order valence-electron chi connectivity index (χ1n) is 5.82. The fraction of sp³-hybridized carbons (Fsp3) is 0.833. The van der Waals surface area contributed by atoms with Gasteiger partial charge in [0, 0.05) is 5.42 Å². The van der Waals surface area contributed by atoms with Gasteiger partial charge in [0.25, 0.3) is 0 Å². The van der Waals surface area contributed by atoms with Crippen LogP contribution in [0.15, 0.2) is 0 Å². The van der Waals surface area contributed by atoms with Gasteiger partial charge in [-0.2, -0.15) is 0 Å². The van der Waals surface area contributed by atoms with Crippen LogP contribution in [0, 0.1) is 5.79 Å². The first-order valence-corrected chi connectivity index (χ1v) is 14.5. The average molecular weight is 261 g/mol. The monoisotopic (exact) mass is 260 g/mol. The Bertz CT molecular complexity index is 236. The second-order valence-corrected chi connectivity index (χ2v) is 21.3. The van der Waals surface area contributed by atoms with Crippen LogP contribution in [0.25, 0.3) is 0 Å². The largest absolute Gasteiger partial charge is 0.118 e. The van der Waals surface area contributed by atoms with Crippen molar-refractivity contribution in [2.45, 2.75) is 65.2 Å². The molecule has 0 spiro atoms. The van der Waals surface area contributed by atoms with E-state index in [1.807, 2.05) is 0 Å². The van der Waals surface area contributed by atoms with Gasteiger partial charge in [-0.25, -0.2) is 0 Å². The van der Waals surface area contributed by atoms with Gasteiger partial charge in [0.05, 0.1) is 5.16 Å². The van der Waals surface area contributed by atoms with E-state index in [2.05, 4.69) is 71.3 Å². The van der Waals surface area contributed by atoms with E-state index in [1.54, 1.807) is 0 Å². The molecule has 0 saturated carbocycles. The Kier molecular flexibility index (Phi) is 5.05. The maximum atomic E-state index is 2.72. The van der Waals surface area contributed by atoms with Gasteiger partial charge in [0.1, 0.15) is 8.07 Å². The number of hydrogen-bond acceptors (Lipinski definition) is 0. The van der Waals surface area contributed by atoms with Crippen molar-refractivity contribution in [1.29, 1.82) is 0 Å². The summed E-state index contributed by atoms with van der Waals surface area (Å²) in [6.07, 6.45) is 0. The van der Waals surface area contributed by atoms with Crippen LogP contribution in [-0.2, 0) is 0 Å². The fourth-order valence-corrected chi connectivity index (χ4v) is 12.0. The van der Waals surface area contributed by atoms with Crippen molar-refractivity contribution in [3.8, 4) is 0 Å². The lowest BCUT2D eigenvalue weighted by molar-refractivity contribution is 0.796. The van der Waals surface area contributed by atoms with Crippen LogP contribution in [-0.4, -0.2) is 26.7 Å². The molecule has 0 aliphatic heterocycles. The molecule has 0 N–H and O–H groups in total. The summed E-state index contributed by atoms with van der Waals surface area (Å²) < 4.78 is 0. The molecule has 1 unspecified atom stereocenters. The summed E-state index contributed by atoms with van der Waals surface area (Å²) in [5, 5.41) is 0.454. The Morgan fingerprint density at radius 1 is 0.933 bits per heavy atom. The highest BCUT2D eigenvalue weighted by Gasteiger charge is 2.27. The molecule has 1 atom stereocenters. The van der Waals surface area contributed by atoms with Gasteiger partial charge in [0.15, 0.2) is 0 Å². The second kappa shape index (κ2) is 4.85. The Balaban J connectivity index is 5.02. The molecule has 0 bridgehead atoms. The van der Waals surface area contributed by atoms with Crippen LogP contribution < -0.4 is 0 Å². The second-order valence-electron chi connectivity index (χ2n) is 7.57. The third kappa shape index (κ3) is 8.41. The highest BCUT2D eigenvalue weighted by Crippen LogP contribution is 2.45. The summed E-state index contributed by atoms with van der Waals surface area (Å²) in [6, 6.07) is 0. The molecule has 0 amide bonds. The van der Waals surface area contributed by atoms with Crippen LogP contribution in [0.1, 0.15) is 20.8 Å². The zero-order valence-electron chi connectivity index (χ0n) is 12.1. The molecule has 15 heavy (non-hydrogen) atoms. The van der Waals surface area contributed by atoms with Crippen LogP contribution in [0.5, 0.6) is 0 Å². The zero-order chi connectivity index (χ0) is 12.5. The molecular formula is C12H29PSi2. The summed E-state index contributed by atoms with van der Waals surface area (Å²) in [7, 11) is -2.07. The summed E-state index contributed by atoms with van der Waals surface area (Å²) in [6.45, 7) is 21.9. The minimum atomic E-state index is -1.04. The average Bonchev–Trinajstić information content (AvgIpc) is 1.75. The highest BCUT2D eigenvalue weighted by atomic mass is 31.1. The molecule has 0 aliphatic rings. The van der Waals surface area contributed by atoms with E-state index in [0.717, 1.165) is 0 Å². The minimum Gasteiger partial charge on any atom is -0.114 e. The standard InChI is InChI=1S/C12H29PSi2/c1-12(2,3)13(10-14(4,5)6)11-15(7,8)9/h10-11H,1-9H3. The molecule has 90 valence electrons. The zero-order valence-corrected chi connectivity index (χ0v) is 15.0. The van der Waals surface area contributed by atoms with E-state index in [9.17, 15) is 0 Å². The van der Waals surface area contributed by atoms with Gasteiger partial charge in [0.2, 0.25) is 0 Å². The molecule has 0 aromatic rings. The van der Waals surface area contributed by atoms with E-state index in [1.165, 1.54) is 0 Å². The molecular weight excluding hydrogens is 231 g/mol. The Labute approximate surface area is 100 Å². The van der Waals surface area contributed by atoms with Crippen molar-refractivity contribution in [2.24, 2.45) is 0 Å². The smallest absolute Gasteiger partial charge is 0.114 e. The van der Waals surface area contributed by atoms with E-state index < -0.39 is 16.1 Å². The van der Waals surface area contributed by atoms with Gasteiger partial charge < -0.3 is 0 Å². The van der Waals surface area contributed by atoms with Crippen molar-refractivity contribution in [3.63, 3.8) is 0 Å². The molecule has 0 aromatic carbocycles. The van der Waals surface area contributed by atoms with E-state index in [0.29, 0.717) is 5.16 Å². The molecule has 3 heteroatoms. The lowest BCUT2D eigenvalue weighted by atomic mass is 10.3. The predicted octanol–water partition coefficient (Wildman–Crippen LogP) is 4.99. The molecule has 0 rings (SSSR count). The predicted molar refractivity (Wildman–Crippen MR) is 83.7 cm³/mol. The summed E-state index contributed by atoms with van der Waals surface area (Å²) in [4.78, 5) is 0. The SMILES string of the molecule is CC(C)(C)/[P+](=C\[Si](C)(C)C)[CH-][Si](C)(C)C. The van der Waals surface area contributed by atoms with Gasteiger partial charge in [-0.3, -0.25) is 0 Å². The van der Waals surface area contributed by atoms with Crippen molar-refractivity contribution in [1.82, 2.24) is 0 Å². The van der Waals surface area contributed by atoms with Crippen LogP contribution in [0.4, 0.5) is 0 Å². The van der Waals surface area contributed by atoms with E-state index in [4.69, 9.17) is 0 Å². The Morgan fingerprint density at radius 2 is 1.33 bits per heavy atom. The lowest BCUT2D eigenvalue weighted by Gasteiger charge is -2.30. The normalized spacial score (nSPS) is 15.7. The lowest BCUT2D eigenvalue weighted by Crippen LogP contribution is -2.28. The van der Waals surface area contributed by atoms with Crippen molar-refractivity contribution >= 4 is 29.1 Å². The number of rotatable bonds is 3. The summed E-state index contributed by atoms with van der Waals surface area (Å²) >= 11 is 0. The van der Waals surface area contributed by atoms with Crippen molar-refractivity contribution in [3.05, 3.63) is 5.79 Å². The fourth-order valence-electron chi connectivity index (χ4n) is 1.26. The summed E-state index contributed by atoms with van der Waals surface area (Å²) in [5.41, 5.74) is 2.72. The van der Waals surface area contributed by atoms with Gasteiger partial charge in [-0.05, 0) is 20.8 Å². The van der Waals surface area contributed by atoms with E-state index >= 15 is 0 Å². The highest BCUT2D eigenvalue weighted by molar-refractivity contribution is 7.68. The number of hydrogen-bond donors (Lipinski definition) is 0. The molecule has 0 radical (unpaired) electrons. The van der Waals surface area contributed by atoms with Gasteiger partial charge in [-0.15, -0.1) is 5.79 Å². The van der Waals surface area contributed by atoms with Crippen LogP contribution >= 0.6 is 7.55 Å². The molecule has 0 saturated heterocycles. The van der Waals surface area contributed by atoms with E-state index in [-0.39, 0.29) is 7.55 Å². The third-order valence-corrected chi connectivity index (χ3v) is 11.8. The topological polar surface area (TPSA) is 0 Å². The minimum absolute atomic E-state index is 0.00437. The van der Waals surface area contributed by atoms with Gasteiger partial charge >= 0.3 is 0 Å². The maximum Gasteiger partial charge on any atom is 0.118 e. The Hall–Kier alpha value is 0.604. The molecule has 0 nitrogen and oxygen atoms in total. The third-order valence-electron chi connectivity index (χ3n) is 1.83. The maximum absolute atomic E-state index is 2.72. The molecule has 0 aromatic heterocycles. The summed E-state index contributed by atoms with van der Waals surface area (Å²) in [5.74, 6) is 2.72. The first-order chi connectivity index (χ1) is 6.31. The van der Waals surface area contributed by atoms with Crippen LogP contribution in [0.2, 0.25) is 39.3 Å².